The summed E-state index contributed by atoms with van der Waals surface area (Å²) in [6, 6.07) is 3.38. The lowest BCUT2D eigenvalue weighted by Gasteiger charge is -2.24. The lowest BCUT2D eigenvalue weighted by molar-refractivity contribution is -0.106. The highest BCUT2D eigenvalue weighted by molar-refractivity contribution is 9.09. The van der Waals surface area contributed by atoms with E-state index in [1.807, 2.05) is 0 Å². The van der Waals surface area contributed by atoms with Crippen molar-refractivity contribution in [1.29, 1.82) is 0 Å². The van der Waals surface area contributed by atoms with Crippen molar-refractivity contribution in [3.05, 3.63) is 40.3 Å². The van der Waals surface area contributed by atoms with Crippen molar-refractivity contribution in [2.24, 2.45) is 0 Å². The molecule has 27 heavy (non-hydrogen) atoms. The predicted octanol–water partition coefficient (Wildman–Crippen LogP) is 3.60. The molecule has 0 spiro atoms. The summed E-state index contributed by atoms with van der Waals surface area (Å²) in [6.45, 7) is 6.53. The molecule has 2 N–H and O–H groups in total. The van der Waals surface area contributed by atoms with Crippen LogP contribution in [0, 0.1) is 6.92 Å². The van der Waals surface area contributed by atoms with Gasteiger partial charge in [0.05, 0.1) is 24.3 Å². The highest BCUT2D eigenvalue weighted by Crippen LogP contribution is 2.35. The Balaban J connectivity index is 1.93. The van der Waals surface area contributed by atoms with E-state index in [1.165, 1.54) is 0 Å². The van der Waals surface area contributed by atoms with Gasteiger partial charge in [0.25, 0.3) is 0 Å². The third kappa shape index (κ3) is 4.28. The first kappa shape index (κ1) is 19.7. The van der Waals surface area contributed by atoms with Crippen molar-refractivity contribution in [2.75, 3.05) is 18.5 Å². The monoisotopic (exact) mass is 439 g/mol. The minimum absolute atomic E-state index is 0.0687. The molecule has 146 valence electrons. The number of benzene rings is 1. The number of halogens is 1. The molecule has 1 aromatic heterocycles. The minimum Gasteiger partial charge on any atom is -0.506 e. The smallest absolute Gasteiger partial charge is 0.349 e. The van der Waals surface area contributed by atoms with E-state index in [9.17, 15) is 9.90 Å². The van der Waals surface area contributed by atoms with Crippen molar-refractivity contribution in [1.82, 2.24) is 5.48 Å². The van der Waals surface area contributed by atoms with E-state index >= 15 is 0 Å². The van der Waals surface area contributed by atoms with Gasteiger partial charge >= 0.3 is 5.63 Å². The number of alkyl halides is 1. The van der Waals surface area contributed by atoms with Gasteiger partial charge < -0.3 is 19.0 Å². The Morgan fingerprint density at radius 3 is 2.96 bits per heavy atom. The molecular formula is C19H22BrNO6. The first-order chi connectivity index (χ1) is 13.0. The molecule has 0 bridgehead atoms. The second-order valence-corrected chi connectivity index (χ2v) is 7.00. The third-order valence-corrected chi connectivity index (χ3v) is 4.64. The number of ether oxygens (including phenoxy) is 2. The molecule has 1 fully saturated rings. The van der Waals surface area contributed by atoms with E-state index in [-0.39, 0.29) is 28.9 Å². The number of nitrogens with one attached hydrogen (secondary N) is 1. The summed E-state index contributed by atoms with van der Waals surface area (Å²) in [7, 11) is 0. The van der Waals surface area contributed by atoms with E-state index in [4.69, 9.17) is 18.7 Å². The molecule has 7 nitrogen and oxygen atoms in total. The molecule has 8 heteroatoms. The highest BCUT2D eigenvalue weighted by Gasteiger charge is 2.21. The number of hydrogen-bond acceptors (Lipinski definition) is 7. The van der Waals surface area contributed by atoms with Gasteiger partial charge in [0.1, 0.15) is 22.6 Å². The molecule has 2 heterocycles. The zero-order valence-electron chi connectivity index (χ0n) is 15.0. The van der Waals surface area contributed by atoms with E-state index in [2.05, 4.69) is 28.0 Å². The molecule has 3 rings (SSSR count). The fourth-order valence-electron chi connectivity index (χ4n) is 2.93. The standard InChI is InChI=1S/C19H22BrNO6/c1-11-14(26-15-5-3-4-9-24-15)7-6-13-17(22)16(19(23)27-18(11)13)12(2)21-25-10-8-20/h6-7,15,21-22H,2-5,8-10H2,1H3. The molecule has 1 unspecified atom stereocenters. The van der Waals surface area contributed by atoms with Crippen LogP contribution < -0.4 is 15.8 Å². The highest BCUT2D eigenvalue weighted by atomic mass is 79.9. The Morgan fingerprint density at radius 2 is 2.26 bits per heavy atom. The Kier molecular flexibility index (Phi) is 6.41. The molecule has 1 atom stereocenters. The van der Waals surface area contributed by atoms with Crippen molar-refractivity contribution in [3.63, 3.8) is 0 Å². The Bertz CT molecular complexity index is 888. The molecule has 0 saturated carbocycles. The van der Waals surface area contributed by atoms with E-state index in [0.29, 0.717) is 35.2 Å². The van der Waals surface area contributed by atoms with Gasteiger partial charge in [-0.05, 0) is 31.9 Å². The van der Waals surface area contributed by atoms with Crippen LogP contribution in [0.1, 0.15) is 30.4 Å². The lowest BCUT2D eigenvalue weighted by Crippen LogP contribution is -2.25. The van der Waals surface area contributed by atoms with Crippen LogP contribution in [0.4, 0.5) is 0 Å². The van der Waals surface area contributed by atoms with Crippen LogP contribution in [-0.4, -0.2) is 29.9 Å². The molecule has 0 aliphatic carbocycles. The first-order valence-electron chi connectivity index (χ1n) is 8.73. The van der Waals surface area contributed by atoms with Crippen molar-refractivity contribution >= 4 is 32.6 Å². The van der Waals surface area contributed by atoms with Gasteiger partial charge in [0, 0.05) is 17.3 Å². The second-order valence-electron chi connectivity index (χ2n) is 6.21. The first-order valence-corrected chi connectivity index (χ1v) is 9.85. The Morgan fingerprint density at radius 1 is 1.44 bits per heavy atom. The minimum atomic E-state index is -0.714. The fourth-order valence-corrected chi connectivity index (χ4v) is 3.10. The van der Waals surface area contributed by atoms with Crippen LogP contribution in [0.5, 0.6) is 11.5 Å². The molecule has 1 aliphatic rings. The number of aryl methyl sites for hydroxylation is 1. The van der Waals surface area contributed by atoms with Gasteiger partial charge in [0.15, 0.2) is 6.29 Å². The maximum absolute atomic E-state index is 12.4. The summed E-state index contributed by atoms with van der Waals surface area (Å²) in [5, 5.41) is 11.6. The number of hydrogen-bond donors (Lipinski definition) is 2. The maximum atomic E-state index is 12.4. The summed E-state index contributed by atoms with van der Waals surface area (Å²) in [5.41, 5.74) is 2.77. The largest absolute Gasteiger partial charge is 0.506 e. The van der Waals surface area contributed by atoms with Gasteiger partial charge in [-0.1, -0.05) is 22.5 Å². The van der Waals surface area contributed by atoms with Crippen LogP contribution in [0.15, 0.2) is 27.9 Å². The molecule has 2 aromatic rings. The van der Waals surface area contributed by atoms with Gasteiger partial charge in [-0.3, -0.25) is 10.3 Å². The third-order valence-electron chi connectivity index (χ3n) is 4.32. The second kappa shape index (κ2) is 8.77. The van der Waals surface area contributed by atoms with Crippen molar-refractivity contribution in [3.8, 4) is 11.5 Å². The molecule has 1 aliphatic heterocycles. The average molecular weight is 440 g/mol. The summed E-state index contributed by atoms with van der Waals surface area (Å²) < 4.78 is 16.9. The lowest BCUT2D eigenvalue weighted by atomic mass is 10.1. The van der Waals surface area contributed by atoms with Gasteiger partial charge in [-0.15, -0.1) is 0 Å². The summed E-state index contributed by atoms with van der Waals surface area (Å²) in [5.74, 6) is 0.340. The Hall–Kier alpha value is -2.03. The van der Waals surface area contributed by atoms with Crippen LogP contribution in [0.3, 0.4) is 0 Å². The zero-order valence-corrected chi connectivity index (χ0v) is 16.6. The van der Waals surface area contributed by atoms with Gasteiger partial charge in [-0.2, -0.15) is 0 Å². The summed E-state index contributed by atoms with van der Waals surface area (Å²) in [4.78, 5) is 17.6. The summed E-state index contributed by atoms with van der Waals surface area (Å²) >= 11 is 3.22. The number of hydroxylamine groups is 1. The fraction of sp³-hybridized carbons (Fsp3) is 0.421. The predicted molar refractivity (Wildman–Crippen MR) is 105 cm³/mol. The molecule has 1 saturated heterocycles. The van der Waals surface area contributed by atoms with Crippen molar-refractivity contribution < 1.29 is 23.8 Å². The van der Waals surface area contributed by atoms with Crippen molar-refractivity contribution in [2.45, 2.75) is 32.5 Å². The van der Waals surface area contributed by atoms with E-state index in [0.717, 1.165) is 19.3 Å². The van der Waals surface area contributed by atoms with Crippen LogP contribution >= 0.6 is 15.9 Å². The average Bonchev–Trinajstić information content (AvgIpc) is 2.65. The topological polar surface area (TPSA) is 90.2 Å². The van der Waals surface area contributed by atoms with Gasteiger partial charge in [0.2, 0.25) is 0 Å². The SMILES string of the molecule is C=C(NOCCBr)c1c(O)c2ccc(OC3CCCCO3)c(C)c2oc1=O. The number of aromatic hydroxyl groups is 1. The number of fused-ring (bicyclic) bond motifs is 1. The molecule has 0 amide bonds. The number of rotatable bonds is 7. The maximum Gasteiger partial charge on any atom is 0.349 e. The molecular weight excluding hydrogens is 418 g/mol. The normalized spacial score (nSPS) is 17.0. The summed E-state index contributed by atoms with van der Waals surface area (Å²) in [6.07, 6.45) is 2.57. The Labute approximate surface area is 165 Å². The molecule has 0 radical (unpaired) electrons. The van der Waals surface area contributed by atoms with Crippen LogP contribution in [0.2, 0.25) is 0 Å². The quantitative estimate of drug-likeness (QED) is 0.294. The zero-order chi connectivity index (χ0) is 19.4. The molecule has 1 aromatic carbocycles. The van der Waals surface area contributed by atoms with Crippen LogP contribution in [0.25, 0.3) is 16.7 Å². The van der Waals surface area contributed by atoms with Gasteiger partial charge in [-0.25, -0.2) is 4.79 Å². The van der Waals surface area contributed by atoms with Crippen LogP contribution in [-0.2, 0) is 9.57 Å². The van der Waals surface area contributed by atoms with E-state index in [1.54, 1.807) is 19.1 Å². The van der Waals surface area contributed by atoms with E-state index < -0.39 is 5.63 Å².